The van der Waals surface area contributed by atoms with Crippen molar-refractivity contribution < 1.29 is 4.74 Å². The standard InChI is InChI=1S/C15H18BrN3O/c1-10(2)20-12-6-4-11(5-7-12)13-14(16)19-9-3-8-17-15(19)18-13/h4-7,10H,3,8-9H2,1-2H3,(H,17,18). The number of benzene rings is 1. The minimum absolute atomic E-state index is 0.191. The molecule has 0 atom stereocenters. The average Bonchev–Trinajstić information content (AvgIpc) is 2.77. The summed E-state index contributed by atoms with van der Waals surface area (Å²) in [4.78, 5) is 4.68. The van der Waals surface area contributed by atoms with Gasteiger partial charge in [-0.25, -0.2) is 4.98 Å². The molecule has 0 unspecified atom stereocenters. The molecule has 1 aliphatic heterocycles. The molecular weight excluding hydrogens is 318 g/mol. The minimum atomic E-state index is 0.191. The maximum absolute atomic E-state index is 5.67. The summed E-state index contributed by atoms with van der Waals surface area (Å²) in [5.41, 5.74) is 2.07. The Balaban J connectivity index is 1.91. The summed E-state index contributed by atoms with van der Waals surface area (Å²) in [5.74, 6) is 1.84. The lowest BCUT2D eigenvalue weighted by molar-refractivity contribution is 0.242. The smallest absolute Gasteiger partial charge is 0.204 e. The van der Waals surface area contributed by atoms with Crippen LogP contribution in [0.25, 0.3) is 11.3 Å². The van der Waals surface area contributed by atoms with Crippen molar-refractivity contribution >= 4 is 21.9 Å². The number of nitrogens with one attached hydrogen (secondary N) is 1. The third kappa shape index (κ3) is 2.54. The molecule has 3 rings (SSSR count). The molecule has 0 fully saturated rings. The molecule has 2 aromatic rings. The van der Waals surface area contributed by atoms with Crippen LogP contribution in [0.1, 0.15) is 20.3 Å². The molecule has 1 aromatic carbocycles. The Morgan fingerprint density at radius 1 is 1.30 bits per heavy atom. The number of halogens is 1. The van der Waals surface area contributed by atoms with Crippen LogP contribution in [-0.2, 0) is 6.54 Å². The van der Waals surface area contributed by atoms with E-state index in [1.807, 2.05) is 26.0 Å². The summed E-state index contributed by atoms with van der Waals surface area (Å²) >= 11 is 3.66. The van der Waals surface area contributed by atoms with Gasteiger partial charge in [-0.1, -0.05) is 0 Å². The summed E-state index contributed by atoms with van der Waals surface area (Å²) < 4.78 is 8.88. The SMILES string of the molecule is CC(C)Oc1ccc(-c2nc3n(c2Br)CCCN3)cc1. The van der Waals surface area contributed by atoms with Crippen molar-refractivity contribution in [2.45, 2.75) is 32.9 Å². The molecule has 0 radical (unpaired) electrons. The van der Waals surface area contributed by atoms with Gasteiger partial charge >= 0.3 is 0 Å². The van der Waals surface area contributed by atoms with Gasteiger partial charge < -0.3 is 14.6 Å². The highest BCUT2D eigenvalue weighted by Gasteiger charge is 2.18. The third-order valence-electron chi connectivity index (χ3n) is 3.25. The Kier molecular flexibility index (Phi) is 3.70. The van der Waals surface area contributed by atoms with Gasteiger partial charge in [-0.3, -0.25) is 0 Å². The first kappa shape index (κ1) is 13.5. The van der Waals surface area contributed by atoms with Crippen LogP contribution in [0.5, 0.6) is 5.75 Å². The van der Waals surface area contributed by atoms with Crippen molar-refractivity contribution in [2.24, 2.45) is 0 Å². The maximum atomic E-state index is 5.67. The van der Waals surface area contributed by atoms with Crippen LogP contribution in [0.2, 0.25) is 0 Å². The highest BCUT2D eigenvalue weighted by Crippen LogP contribution is 2.33. The van der Waals surface area contributed by atoms with Crippen LogP contribution in [0, 0.1) is 0 Å². The molecular formula is C15H18BrN3O. The average molecular weight is 336 g/mol. The van der Waals surface area contributed by atoms with Gasteiger partial charge in [0, 0.05) is 18.7 Å². The van der Waals surface area contributed by atoms with Crippen molar-refractivity contribution in [3.63, 3.8) is 0 Å². The summed E-state index contributed by atoms with van der Waals surface area (Å²) in [6, 6.07) is 8.09. The summed E-state index contributed by atoms with van der Waals surface area (Å²) in [7, 11) is 0. The number of ether oxygens (including phenoxy) is 1. The zero-order chi connectivity index (χ0) is 14.1. The molecule has 0 saturated heterocycles. The van der Waals surface area contributed by atoms with E-state index in [-0.39, 0.29) is 6.10 Å². The van der Waals surface area contributed by atoms with Gasteiger partial charge in [0.1, 0.15) is 16.0 Å². The predicted octanol–water partition coefficient (Wildman–Crippen LogP) is 3.92. The first-order chi connectivity index (χ1) is 9.65. The number of hydrogen-bond acceptors (Lipinski definition) is 3. The summed E-state index contributed by atoms with van der Waals surface area (Å²) in [5, 5.41) is 3.33. The molecule has 1 N–H and O–H groups in total. The fourth-order valence-corrected chi connectivity index (χ4v) is 3.02. The van der Waals surface area contributed by atoms with Crippen LogP contribution < -0.4 is 10.1 Å². The third-order valence-corrected chi connectivity index (χ3v) is 4.05. The summed E-state index contributed by atoms with van der Waals surface area (Å²) in [6.07, 6.45) is 1.32. The van der Waals surface area contributed by atoms with Crippen molar-refractivity contribution in [2.75, 3.05) is 11.9 Å². The Labute approximate surface area is 127 Å². The minimum Gasteiger partial charge on any atom is -0.491 e. The molecule has 2 heterocycles. The summed E-state index contributed by atoms with van der Waals surface area (Å²) in [6.45, 7) is 6.05. The lowest BCUT2D eigenvalue weighted by atomic mass is 10.1. The number of nitrogens with zero attached hydrogens (tertiary/aromatic N) is 2. The molecule has 106 valence electrons. The van der Waals surface area contributed by atoms with E-state index in [1.54, 1.807) is 0 Å². The number of rotatable bonds is 3. The second-order valence-corrected chi connectivity index (χ2v) is 5.95. The number of anilines is 1. The lowest BCUT2D eigenvalue weighted by Gasteiger charge is -2.15. The number of imidazole rings is 1. The van der Waals surface area contributed by atoms with E-state index >= 15 is 0 Å². The second kappa shape index (κ2) is 5.48. The van der Waals surface area contributed by atoms with E-state index in [1.165, 1.54) is 0 Å². The van der Waals surface area contributed by atoms with Gasteiger partial charge in [-0.15, -0.1) is 0 Å². The van der Waals surface area contributed by atoms with Crippen LogP contribution in [0.15, 0.2) is 28.9 Å². The number of hydrogen-bond donors (Lipinski definition) is 1. The van der Waals surface area contributed by atoms with E-state index in [9.17, 15) is 0 Å². The molecule has 0 aliphatic carbocycles. The van der Waals surface area contributed by atoms with Gasteiger partial charge in [-0.2, -0.15) is 0 Å². The van der Waals surface area contributed by atoms with Gasteiger partial charge in [0.15, 0.2) is 0 Å². The Morgan fingerprint density at radius 2 is 2.05 bits per heavy atom. The largest absolute Gasteiger partial charge is 0.491 e. The molecule has 5 heteroatoms. The lowest BCUT2D eigenvalue weighted by Crippen LogP contribution is -2.17. The van der Waals surface area contributed by atoms with E-state index in [2.05, 4.69) is 42.9 Å². The maximum Gasteiger partial charge on any atom is 0.204 e. The van der Waals surface area contributed by atoms with Gasteiger partial charge in [0.25, 0.3) is 0 Å². The molecule has 0 bridgehead atoms. The Morgan fingerprint density at radius 3 is 2.70 bits per heavy atom. The van der Waals surface area contributed by atoms with Crippen molar-refractivity contribution in [3.05, 3.63) is 28.9 Å². The normalized spacial score (nSPS) is 14.0. The Hall–Kier alpha value is -1.49. The Bertz CT molecular complexity index is 604. The predicted molar refractivity (Wildman–Crippen MR) is 84.2 cm³/mol. The van der Waals surface area contributed by atoms with E-state index in [0.717, 1.165) is 47.1 Å². The quantitative estimate of drug-likeness (QED) is 0.924. The molecule has 1 aliphatic rings. The monoisotopic (exact) mass is 335 g/mol. The van der Waals surface area contributed by atoms with Gasteiger partial charge in [-0.05, 0) is 60.5 Å². The zero-order valence-electron chi connectivity index (χ0n) is 11.7. The van der Waals surface area contributed by atoms with Crippen LogP contribution in [0.3, 0.4) is 0 Å². The van der Waals surface area contributed by atoms with Crippen molar-refractivity contribution in [3.8, 4) is 17.0 Å². The number of aromatic nitrogens is 2. The van der Waals surface area contributed by atoms with Crippen LogP contribution in [-0.4, -0.2) is 22.2 Å². The second-order valence-electron chi connectivity index (χ2n) is 5.20. The highest BCUT2D eigenvalue weighted by molar-refractivity contribution is 9.10. The van der Waals surface area contributed by atoms with E-state index in [4.69, 9.17) is 4.74 Å². The van der Waals surface area contributed by atoms with Gasteiger partial charge in [0.05, 0.1) is 6.10 Å². The van der Waals surface area contributed by atoms with Gasteiger partial charge in [0.2, 0.25) is 5.95 Å². The van der Waals surface area contributed by atoms with Crippen molar-refractivity contribution in [1.29, 1.82) is 0 Å². The zero-order valence-corrected chi connectivity index (χ0v) is 13.3. The van der Waals surface area contributed by atoms with E-state index in [0.29, 0.717) is 0 Å². The van der Waals surface area contributed by atoms with Crippen LogP contribution in [0.4, 0.5) is 5.95 Å². The molecule has 20 heavy (non-hydrogen) atoms. The molecule has 1 aromatic heterocycles. The molecule has 0 spiro atoms. The van der Waals surface area contributed by atoms with Crippen molar-refractivity contribution in [1.82, 2.24) is 9.55 Å². The molecule has 0 saturated carbocycles. The molecule has 4 nitrogen and oxygen atoms in total. The first-order valence-electron chi connectivity index (χ1n) is 6.92. The highest BCUT2D eigenvalue weighted by atomic mass is 79.9. The number of fused-ring (bicyclic) bond motifs is 1. The van der Waals surface area contributed by atoms with E-state index < -0.39 is 0 Å². The fraction of sp³-hybridized carbons (Fsp3) is 0.400. The van der Waals surface area contributed by atoms with Crippen LogP contribution >= 0.6 is 15.9 Å². The fourth-order valence-electron chi connectivity index (χ4n) is 2.36. The first-order valence-corrected chi connectivity index (χ1v) is 7.71. The topological polar surface area (TPSA) is 39.1 Å². The molecule has 0 amide bonds.